The van der Waals surface area contributed by atoms with E-state index < -0.39 is 0 Å². The van der Waals surface area contributed by atoms with Crippen molar-refractivity contribution in [3.05, 3.63) is 59.7 Å². The van der Waals surface area contributed by atoms with E-state index >= 15 is 0 Å². The summed E-state index contributed by atoms with van der Waals surface area (Å²) >= 11 is 0. The summed E-state index contributed by atoms with van der Waals surface area (Å²) in [5.41, 5.74) is 3.00. The van der Waals surface area contributed by atoms with Crippen LogP contribution in [0, 0.1) is 0 Å². The van der Waals surface area contributed by atoms with Crippen LogP contribution in [0.3, 0.4) is 0 Å². The molecule has 0 unspecified atom stereocenters. The second-order valence-electron chi connectivity index (χ2n) is 6.14. The highest BCUT2D eigenvalue weighted by Gasteiger charge is 2.52. The Balaban J connectivity index is 1.52. The van der Waals surface area contributed by atoms with Crippen LogP contribution in [0.15, 0.2) is 47.1 Å². The van der Waals surface area contributed by atoms with Gasteiger partial charge in [-0.05, 0) is 48.7 Å². The molecule has 1 saturated carbocycles. The molecule has 2 aliphatic rings. The van der Waals surface area contributed by atoms with Gasteiger partial charge in [-0.15, -0.1) is 0 Å². The first-order valence-electron chi connectivity index (χ1n) is 7.87. The van der Waals surface area contributed by atoms with Crippen LogP contribution in [-0.2, 0) is 11.8 Å². The molecule has 23 heavy (non-hydrogen) atoms. The van der Waals surface area contributed by atoms with E-state index in [0.29, 0.717) is 11.7 Å². The van der Waals surface area contributed by atoms with Crippen molar-refractivity contribution in [3.8, 4) is 17.1 Å². The second-order valence-corrected chi connectivity index (χ2v) is 6.14. The Morgan fingerprint density at radius 1 is 1.09 bits per heavy atom. The van der Waals surface area contributed by atoms with Crippen molar-refractivity contribution in [1.29, 1.82) is 0 Å². The van der Waals surface area contributed by atoms with Crippen molar-refractivity contribution in [3.63, 3.8) is 0 Å². The van der Waals surface area contributed by atoms with Gasteiger partial charge in [0.15, 0.2) is 0 Å². The Morgan fingerprint density at radius 3 is 2.87 bits per heavy atom. The summed E-state index contributed by atoms with van der Waals surface area (Å²) in [6.07, 6.45) is 4.76. The predicted molar refractivity (Wildman–Crippen MR) is 83.2 cm³/mol. The standard InChI is InChI=1S/C18H15N3O2/c1-2-9-19-15(3-1)18(7-8-18)17-20-16(21-23-17)13-4-5-14-12(11-13)6-10-22-14/h1-5,9,11H,6-8,10H2. The van der Waals surface area contributed by atoms with E-state index in [4.69, 9.17) is 9.26 Å². The monoisotopic (exact) mass is 305 g/mol. The average Bonchev–Trinajstić information content (AvgIpc) is 3.05. The summed E-state index contributed by atoms with van der Waals surface area (Å²) in [7, 11) is 0. The van der Waals surface area contributed by atoms with E-state index in [1.54, 1.807) is 0 Å². The number of benzene rings is 1. The fourth-order valence-corrected chi connectivity index (χ4v) is 3.21. The van der Waals surface area contributed by atoms with Crippen LogP contribution in [0.4, 0.5) is 0 Å². The van der Waals surface area contributed by atoms with Crippen LogP contribution in [0.5, 0.6) is 5.75 Å². The largest absolute Gasteiger partial charge is 0.493 e. The van der Waals surface area contributed by atoms with Gasteiger partial charge in [0, 0.05) is 18.2 Å². The fourth-order valence-electron chi connectivity index (χ4n) is 3.21. The Morgan fingerprint density at radius 2 is 2.04 bits per heavy atom. The summed E-state index contributed by atoms with van der Waals surface area (Å²) < 4.78 is 11.1. The molecule has 2 aromatic heterocycles. The summed E-state index contributed by atoms with van der Waals surface area (Å²) in [6.45, 7) is 0.749. The number of fused-ring (bicyclic) bond motifs is 1. The van der Waals surface area contributed by atoms with Gasteiger partial charge in [-0.3, -0.25) is 4.98 Å². The Labute approximate surface area is 133 Å². The number of nitrogens with zero attached hydrogens (tertiary/aromatic N) is 3. The quantitative estimate of drug-likeness (QED) is 0.744. The SMILES string of the molecule is c1ccc(C2(c3nc(-c4ccc5c(c4)CCO5)no3)CC2)nc1. The van der Waals surface area contributed by atoms with Crippen molar-refractivity contribution in [2.75, 3.05) is 6.61 Å². The van der Waals surface area contributed by atoms with Crippen molar-refractivity contribution in [1.82, 2.24) is 15.1 Å². The third-order valence-electron chi connectivity index (χ3n) is 4.69. The molecule has 5 rings (SSSR count). The highest BCUT2D eigenvalue weighted by molar-refractivity contribution is 5.59. The van der Waals surface area contributed by atoms with Gasteiger partial charge in [0.25, 0.3) is 0 Å². The van der Waals surface area contributed by atoms with Gasteiger partial charge < -0.3 is 9.26 Å². The summed E-state index contributed by atoms with van der Waals surface area (Å²) in [5.74, 6) is 2.27. The number of hydrogen-bond acceptors (Lipinski definition) is 5. The molecule has 0 amide bonds. The summed E-state index contributed by atoms with van der Waals surface area (Å²) in [4.78, 5) is 9.13. The van der Waals surface area contributed by atoms with Gasteiger partial charge >= 0.3 is 0 Å². The third-order valence-corrected chi connectivity index (χ3v) is 4.69. The predicted octanol–water partition coefficient (Wildman–Crippen LogP) is 3.15. The molecule has 1 aliphatic heterocycles. The molecular weight excluding hydrogens is 290 g/mol. The minimum atomic E-state index is -0.188. The number of rotatable bonds is 3. The van der Waals surface area contributed by atoms with E-state index in [-0.39, 0.29) is 5.41 Å². The van der Waals surface area contributed by atoms with Gasteiger partial charge in [0.2, 0.25) is 11.7 Å². The lowest BCUT2D eigenvalue weighted by Gasteiger charge is -2.08. The molecular formula is C18H15N3O2. The topological polar surface area (TPSA) is 61.0 Å². The summed E-state index contributed by atoms with van der Waals surface area (Å²) in [5, 5.41) is 4.19. The van der Waals surface area contributed by atoms with Crippen molar-refractivity contribution >= 4 is 0 Å². The maximum Gasteiger partial charge on any atom is 0.239 e. The molecule has 3 heterocycles. The van der Waals surface area contributed by atoms with E-state index in [0.717, 1.165) is 42.9 Å². The zero-order chi connectivity index (χ0) is 15.3. The molecule has 1 aliphatic carbocycles. The van der Waals surface area contributed by atoms with Crippen LogP contribution in [0.25, 0.3) is 11.4 Å². The van der Waals surface area contributed by atoms with Crippen molar-refractivity contribution < 1.29 is 9.26 Å². The smallest absolute Gasteiger partial charge is 0.239 e. The van der Waals surface area contributed by atoms with Gasteiger partial charge in [-0.2, -0.15) is 4.98 Å². The molecule has 0 spiro atoms. The van der Waals surface area contributed by atoms with Crippen LogP contribution in [0.1, 0.15) is 30.0 Å². The zero-order valence-corrected chi connectivity index (χ0v) is 12.5. The number of aromatic nitrogens is 3. The number of hydrogen-bond donors (Lipinski definition) is 0. The molecule has 114 valence electrons. The van der Waals surface area contributed by atoms with Gasteiger partial charge in [-0.25, -0.2) is 0 Å². The van der Waals surface area contributed by atoms with Gasteiger partial charge in [-0.1, -0.05) is 11.2 Å². The first kappa shape index (κ1) is 12.8. The molecule has 1 fully saturated rings. The van der Waals surface area contributed by atoms with Crippen molar-refractivity contribution in [2.24, 2.45) is 0 Å². The number of pyridine rings is 1. The van der Waals surface area contributed by atoms with Crippen LogP contribution in [0.2, 0.25) is 0 Å². The highest BCUT2D eigenvalue weighted by Crippen LogP contribution is 2.52. The maximum atomic E-state index is 5.59. The first-order chi connectivity index (χ1) is 11.4. The van der Waals surface area contributed by atoms with Crippen molar-refractivity contribution in [2.45, 2.75) is 24.7 Å². The van der Waals surface area contributed by atoms with E-state index in [1.165, 1.54) is 5.56 Å². The summed E-state index contributed by atoms with van der Waals surface area (Å²) in [6, 6.07) is 12.0. The average molecular weight is 305 g/mol. The van der Waals surface area contributed by atoms with Crippen LogP contribution < -0.4 is 4.74 Å². The lowest BCUT2D eigenvalue weighted by molar-refractivity contribution is 0.356. The van der Waals surface area contributed by atoms with Crippen LogP contribution in [-0.4, -0.2) is 21.7 Å². The molecule has 0 N–H and O–H groups in total. The van der Waals surface area contributed by atoms with Gasteiger partial charge in [0.05, 0.1) is 17.7 Å². The number of ether oxygens (including phenoxy) is 1. The molecule has 3 aromatic rings. The Kier molecular flexibility index (Phi) is 2.59. The second kappa shape index (κ2) is 4.65. The first-order valence-corrected chi connectivity index (χ1v) is 7.87. The highest BCUT2D eigenvalue weighted by atomic mass is 16.5. The zero-order valence-electron chi connectivity index (χ0n) is 12.5. The minimum absolute atomic E-state index is 0.188. The molecule has 5 heteroatoms. The maximum absolute atomic E-state index is 5.59. The Bertz CT molecular complexity index is 869. The van der Waals surface area contributed by atoms with Gasteiger partial charge in [0.1, 0.15) is 5.75 Å². The van der Waals surface area contributed by atoms with E-state index in [2.05, 4.69) is 21.2 Å². The molecule has 0 saturated heterocycles. The molecule has 0 radical (unpaired) electrons. The molecule has 1 aromatic carbocycles. The molecule has 5 nitrogen and oxygen atoms in total. The van der Waals surface area contributed by atoms with E-state index in [9.17, 15) is 0 Å². The third kappa shape index (κ3) is 1.96. The minimum Gasteiger partial charge on any atom is -0.493 e. The molecule has 0 atom stereocenters. The Hall–Kier alpha value is -2.69. The lowest BCUT2D eigenvalue weighted by atomic mass is 10.0. The normalized spacial score (nSPS) is 17.6. The van der Waals surface area contributed by atoms with Crippen LogP contribution >= 0.6 is 0 Å². The lowest BCUT2D eigenvalue weighted by Crippen LogP contribution is -2.10. The molecule has 0 bridgehead atoms. The van der Waals surface area contributed by atoms with E-state index in [1.807, 2.05) is 36.5 Å². The fraction of sp³-hybridized carbons (Fsp3) is 0.278.